The van der Waals surface area contributed by atoms with E-state index in [1.54, 1.807) is 24.3 Å². The Kier molecular flexibility index (Phi) is 3.86. The van der Waals surface area contributed by atoms with Crippen molar-refractivity contribution in [3.63, 3.8) is 0 Å². The van der Waals surface area contributed by atoms with Crippen molar-refractivity contribution in [2.45, 2.75) is 25.3 Å². The van der Waals surface area contributed by atoms with Crippen LogP contribution in [0.25, 0.3) is 10.8 Å². The molecule has 3 rings (SSSR count). The van der Waals surface area contributed by atoms with Crippen molar-refractivity contribution in [2.75, 3.05) is 6.54 Å². The Morgan fingerprint density at radius 1 is 1.18 bits per heavy atom. The number of hydrogen-bond donors (Lipinski definition) is 3. The molecule has 1 aliphatic carbocycles. The highest BCUT2D eigenvalue weighted by Crippen LogP contribution is 2.18. The Labute approximate surface area is 126 Å². The maximum Gasteiger partial charge on any atom is 0.272 e. The van der Waals surface area contributed by atoms with Gasteiger partial charge in [-0.25, -0.2) is 5.10 Å². The van der Waals surface area contributed by atoms with Gasteiger partial charge in [-0.15, -0.1) is 0 Å². The van der Waals surface area contributed by atoms with Gasteiger partial charge in [-0.3, -0.25) is 14.4 Å². The largest absolute Gasteiger partial charge is 0.352 e. The number of rotatable bonds is 5. The first-order valence-corrected chi connectivity index (χ1v) is 7.16. The number of amides is 2. The third kappa shape index (κ3) is 3.30. The summed E-state index contributed by atoms with van der Waals surface area (Å²) in [5.74, 6) is -0.495. The van der Waals surface area contributed by atoms with Gasteiger partial charge in [0.15, 0.2) is 0 Å². The van der Waals surface area contributed by atoms with Gasteiger partial charge >= 0.3 is 0 Å². The van der Waals surface area contributed by atoms with E-state index in [0.29, 0.717) is 16.5 Å². The molecule has 0 spiro atoms. The molecule has 0 unspecified atom stereocenters. The van der Waals surface area contributed by atoms with Gasteiger partial charge < -0.3 is 10.6 Å². The van der Waals surface area contributed by atoms with Crippen LogP contribution >= 0.6 is 0 Å². The van der Waals surface area contributed by atoms with Crippen molar-refractivity contribution in [3.8, 4) is 0 Å². The minimum absolute atomic E-state index is 0.00794. The molecule has 1 aliphatic rings. The minimum Gasteiger partial charge on any atom is -0.352 e. The Bertz CT molecular complexity index is 780. The van der Waals surface area contributed by atoms with E-state index in [1.165, 1.54) is 0 Å². The number of hydrogen-bond acceptors (Lipinski definition) is 4. The number of fused-ring (bicyclic) bond motifs is 1. The van der Waals surface area contributed by atoms with Gasteiger partial charge in [0.05, 0.1) is 24.0 Å². The second kappa shape index (κ2) is 5.97. The van der Waals surface area contributed by atoms with Crippen molar-refractivity contribution in [2.24, 2.45) is 0 Å². The number of nitrogens with one attached hydrogen (secondary N) is 3. The Balaban J connectivity index is 1.65. The smallest absolute Gasteiger partial charge is 0.272 e. The van der Waals surface area contributed by atoms with Gasteiger partial charge in [-0.2, -0.15) is 5.10 Å². The molecule has 0 atom stereocenters. The molecular formula is C15H16N4O3. The number of H-pyrrole nitrogens is 1. The second-order valence-corrected chi connectivity index (χ2v) is 5.34. The highest BCUT2D eigenvalue weighted by molar-refractivity contribution is 5.90. The first-order chi connectivity index (χ1) is 10.6. The molecule has 22 heavy (non-hydrogen) atoms. The van der Waals surface area contributed by atoms with Gasteiger partial charge in [0.25, 0.3) is 5.56 Å². The molecule has 1 saturated carbocycles. The van der Waals surface area contributed by atoms with E-state index in [9.17, 15) is 14.4 Å². The zero-order valence-corrected chi connectivity index (χ0v) is 11.9. The zero-order chi connectivity index (χ0) is 15.5. The van der Waals surface area contributed by atoms with E-state index >= 15 is 0 Å². The molecule has 7 nitrogen and oxygen atoms in total. The maximum absolute atomic E-state index is 11.9. The summed E-state index contributed by atoms with van der Waals surface area (Å²) in [4.78, 5) is 35.1. The van der Waals surface area contributed by atoms with Crippen molar-refractivity contribution < 1.29 is 9.59 Å². The quantitative estimate of drug-likeness (QED) is 0.715. The number of aromatic nitrogens is 2. The fourth-order valence-corrected chi connectivity index (χ4v) is 2.21. The van der Waals surface area contributed by atoms with Crippen LogP contribution in [0.1, 0.15) is 18.5 Å². The zero-order valence-electron chi connectivity index (χ0n) is 11.9. The van der Waals surface area contributed by atoms with Crippen LogP contribution in [-0.4, -0.2) is 34.6 Å². The second-order valence-electron chi connectivity index (χ2n) is 5.34. The van der Waals surface area contributed by atoms with Gasteiger partial charge in [0.2, 0.25) is 11.8 Å². The third-order valence-electron chi connectivity index (χ3n) is 3.49. The maximum atomic E-state index is 11.9. The molecule has 1 aromatic heterocycles. The molecule has 0 saturated heterocycles. The van der Waals surface area contributed by atoms with Crippen molar-refractivity contribution >= 4 is 22.6 Å². The first kappa shape index (κ1) is 14.2. The number of carbonyl (C=O) groups is 2. The Morgan fingerprint density at radius 2 is 1.91 bits per heavy atom. The summed E-state index contributed by atoms with van der Waals surface area (Å²) in [6, 6.07) is 7.24. The molecule has 1 aromatic carbocycles. The third-order valence-corrected chi connectivity index (χ3v) is 3.49. The van der Waals surface area contributed by atoms with E-state index in [1.807, 2.05) is 0 Å². The summed E-state index contributed by atoms with van der Waals surface area (Å²) in [6.07, 6.45) is 2.02. The Morgan fingerprint density at radius 3 is 2.64 bits per heavy atom. The van der Waals surface area contributed by atoms with E-state index < -0.39 is 0 Å². The lowest BCUT2D eigenvalue weighted by Crippen LogP contribution is -2.38. The number of aromatic amines is 1. The molecule has 114 valence electrons. The molecule has 1 fully saturated rings. The van der Waals surface area contributed by atoms with Gasteiger partial charge in [0, 0.05) is 11.4 Å². The lowest BCUT2D eigenvalue weighted by Gasteiger charge is -2.07. The van der Waals surface area contributed by atoms with Crippen LogP contribution in [-0.2, 0) is 16.0 Å². The topological polar surface area (TPSA) is 104 Å². The van der Waals surface area contributed by atoms with Gasteiger partial charge in [-0.1, -0.05) is 18.2 Å². The van der Waals surface area contributed by atoms with Crippen LogP contribution in [0.15, 0.2) is 29.1 Å². The van der Waals surface area contributed by atoms with Crippen LogP contribution in [0.5, 0.6) is 0 Å². The van der Waals surface area contributed by atoms with Crippen LogP contribution in [0.2, 0.25) is 0 Å². The normalized spacial score (nSPS) is 13.8. The van der Waals surface area contributed by atoms with E-state index in [0.717, 1.165) is 12.8 Å². The van der Waals surface area contributed by atoms with Crippen molar-refractivity contribution in [1.82, 2.24) is 20.8 Å². The van der Waals surface area contributed by atoms with Crippen LogP contribution < -0.4 is 16.2 Å². The molecule has 7 heteroatoms. The molecular weight excluding hydrogens is 284 g/mol. The molecule has 0 aliphatic heterocycles. The van der Waals surface area contributed by atoms with Crippen LogP contribution in [0.4, 0.5) is 0 Å². The van der Waals surface area contributed by atoms with Gasteiger partial charge in [-0.05, 0) is 18.9 Å². The molecule has 0 bridgehead atoms. The molecule has 2 amide bonds. The predicted molar refractivity (Wildman–Crippen MR) is 80.2 cm³/mol. The van der Waals surface area contributed by atoms with Crippen LogP contribution in [0.3, 0.4) is 0 Å². The fourth-order valence-electron chi connectivity index (χ4n) is 2.21. The Hall–Kier alpha value is -2.70. The SMILES string of the molecule is O=C(Cc1n[nH]c(=O)c2ccccc12)NCC(=O)NC1CC1. The highest BCUT2D eigenvalue weighted by Gasteiger charge is 2.23. The van der Waals surface area contributed by atoms with E-state index in [-0.39, 0.29) is 36.4 Å². The molecule has 2 aromatic rings. The summed E-state index contributed by atoms with van der Waals surface area (Å²) in [5, 5.41) is 12.8. The fraction of sp³-hybridized carbons (Fsp3) is 0.333. The van der Waals surface area contributed by atoms with Crippen molar-refractivity contribution in [1.29, 1.82) is 0 Å². The number of benzene rings is 1. The van der Waals surface area contributed by atoms with E-state index in [2.05, 4.69) is 20.8 Å². The summed E-state index contributed by atoms with van der Waals surface area (Å²) >= 11 is 0. The average molecular weight is 300 g/mol. The minimum atomic E-state index is -0.310. The number of nitrogens with zero attached hydrogens (tertiary/aromatic N) is 1. The highest BCUT2D eigenvalue weighted by atomic mass is 16.2. The summed E-state index contributed by atoms with van der Waals surface area (Å²) in [5.41, 5.74) is 0.193. The standard InChI is InChI=1S/C15H16N4O3/c20-13(16-8-14(21)17-9-5-6-9)7-12-10-3-1-2-4-11(10)15(22)19-18-12/h1-4,9H,5-8H2,(H,16,20)(H,17,21)(H,19,22). The molecule has 1 heterocycles. The monoisotopic (exact) mass is 300 g/mol. The van der Waals surface area contributed by atoms with Crippen molar-refractivity contribution in [3.05, 3.63) is 40.3 Å². The lowest BCUT2D eigenvalue weighted by atomic mass is 10.1. The van der Waals surface area contributed by atoms with Crippen LogP contribution in [0, 0.1) is 0 Å². The van der Waals surface area contributed by atoms with Gasteiger partial charge in [0.1, 0.15) is 0 Å². The average Bonchev–Trinajstić information content (AvgIpc) is 3.32. The molecule has 0 radical (unpaired) electrons. The predicted octanol–water partition coefficient (Wildman–Crippen LogP) is -0.140. The first-order valence-electron chi connectivity index (χ1n) is 7.16. The summed E-state index contributed by atoms with van der Waals surface area (Å²) in [6.45, 7) is -0.0450. The van der Waals surface area contributed by atoms with E-state index in [4.69, 9.17) is 0 Å². The number of carbonyl (C=O) groups excluding carboxylic acids is 2. The summed E-state index contributed by atoms with van der Waals surface area (Å²) < 4.78 is 0. The summed E-state index contributed by atoms with van der Waals surface area (Å²) in [7, 11) is 0. The lowest BCUT2D eigenvalue weighted by molar-refractivity contribution is -0.125. The molecule has 3 N–H and O–H groups in total.